The molecule has 0 aliphatic carbocycles. The first-order chi connectivity index (χ1) is 7.49. The van der Waals surface area contributed by atoms with E-state index in [1.165, 1.54) is 6.07 Å². The van der Waals surface area contributed by atoms with Gasteiger partial charge in [0.15, 0.2) is 18.2 Å². The van der Waals surface area contributed by atoms with Crippen LogP contribution in [-0.2, 0) is 9.53 Å². The van der Waals surface area contributed by atoms with Crippen molar-refractivity contribution in [1.29, 1.82) is 0 Å². The lowest BCUT2D eigenvalue weighted by Gasteiger charge is -2.09. The summed E-state index contributed by atoms with van der Waals surface area (Å²) in [5, 5.41) is 0. The topological polar surface area (TPSA) is 35.5 Å². The van der Waals surface area contributed by atoms with Gasteiger partial charge in [0.2, 0.25) is 0 Å². The molecule has 0 aliphatic heterocycles. The van der Waals surface area contributed by atoms with E-state index in [1.54, 1.807) is 13.8 Å². The van der Waals surface area contributed by atoms with Gasteiger partial charge in [-0.1, -0.05) is 0 Å². The second kappa shape index (κ2) is 5.44. The molecule has 0 saturated heterocycles. The highest BCUT2D eigenvalue weighted by atomic mass is 19.2. The fourth-order valence-electron chi connectivity index (χ4n) is 1.01. The predicted octanol–water partition coefficient (Wildman–Crippen LogP) is 2.30. The number of esters is 1. The minimum absolute atomic E-state index is 0.0830. The SMILES string of the molecule is CC(C)OC(=O)COc1ccc(F)c(F)c1. The molecule has 16 heavy (non-hydrogen) atoms. The lowest BCUT2D eigenvalue weighted by Crippen LogP contribution is -2.18. The quantitative estimate of drug-likeness (QED) is 0.744. The Kier molecular flexibility index (Phi) is 4.22. The maximum atomic E-state index is 12.7. The molecule has 0 aliphatic rings. The zero-order valence-corrected chi connectivity index (χ0v) is 9.00. The van der Waals surface area contributed by atoms with Crippen LogP contribution in [0.1, 0.15) is 13.8 Å². The Balaban J connectivity index is 2.48. The van der Waals surface area contributed by atoms with E-state index in [1.807, 2.05) is 0 Å². The van der Waals surface area contributed by atoms with Crippen LogP contribution in [-0.4, -0.2) is 18.7 Å². The number of hydrogen-bond donors (Lipinski definition) is 0. The van der Waals surface area contributed by atoms with Crippen LogP contribution in [0.5, 0.6) is 5.75 Å². The lowest BCUT2D eigenvalue weighted by molar-refractivity contribution is -0.149. The van der Waals surface area contributed by atoms with Gasteiger partial charge in [0, 0.05) is 6.07 Å². The van der Waals surface area contributed by atoms with Gasteiger partial charge >= 0.3 is 5.97 Å². The first kappa shape index (κ1) is 12.4. The van der Waals surface area contributed by atoms with E-state index in [9.17, 15) is 13.6 Å². The van der Waals surface area contributed by atoms with Crippen LogP contribution < -0.4 is 4.74 Å². The Morgan fingerprint density at radius 3 is 2.56 bits per heavy atom. The first-order valence-electron chi connectivity index (χ1n) is 4.76. The van der Waals surface area contributed by atoms with E-state index in [0.717, 1.165) is 12.1 Å². The molecule has 88 valence electrons. The largest absolute Gasteiger partial charge is 0.482 e. The maximum Gasteiger partial charge on any atom is 0.344 e. The van der Waals surface area contributed by atoms with Gasteiger partial charge in [-0.05, 0) is 26.0 Å². The Hall–Kier alpha value is -1.65. The van der Waals surface area contributed by atoms with Gasteiger partial charge in [-0.3, -0.25) is 0 Å². The third-order valence-electron chi connectivity index (χ3n) is 1.61. The van der Waals surface area contributed by atoms with E-state index >= 15 is 0 Å². The molecule has 1 aromatic rings. The molecular formula is C11H12F2O3. The van der Waals surface area contributed by atoms with Gasteiger partial charge in [0.25, 0.3) is 0 Å². The lowest BCUT2D eigenvalue weighted by atomic mass is 10.3. The fourth-order valence-corrected chi connectivity index (χ4v) is 1.01. The summed E-state index contributed by atoms with van der Waals surface area (Å²) in [5.74, 6) is -2.45. The van der Waals surface area contributed by atoms with Gasteiger partial charge in [-0.25, -0.2) is 13.6 Å². The van der Waals surface area contributed by atoms with Crippen LogP contribution in [0, 0.1) is 11.6 Å². The minimum Gasteiger partial charge on any atom is -0.482 e. The molecule has 0 heterocycles. The summed E-state index contributed by atoms with van der Waals surface area (Å²) in [7, 11) is 0. The molecule has 3 nitrogen and oxygen atoms in total. The van der Waals surface area contributed by atoms with Gasteiger partial charge in [-0.15, -0.1) is 0 Å². The Bertz CT molecular complexity index is 377. The van der Waals surface area contributed by atoms with Crippen LogP contribution in [0.3, 0.4) is 0 Å². The summed E-state index contributed by atoms with van der Waals surface area (Å²) in [6, 6.07) is 3.04. The van der Waals surface area contributed by atoms with Crippen molar-refractivity contribution in [1.82, 2.24) is 0 Å². The van der Waals surface area contributed by atoms with Crippen molar-refractivity contribution in [2.24, 2.45) is 0 Å². The number of ether oxygens (including phenoxy) is 2. The van der Waals surface area contributed by atoms with Crippen molar-refractivity contribution in [3.8, 4) is 5.75 Å². The zero-order valence-electron chi connectivity index (χ0n) is 9.00. The van der Waals surface area contributed by atoms with Crippen molar-refractivity contribution >= 4 is 5.97 Å². The van der Waals surface area contributed by atoms with Gasteiger partial charge in [-0.2, -0.15) is 0 Å². The number of hydrogen-bond acceptors (Lipinski definition) is 3. The molecule has 0 N–H and O–H groups in total. The number of carbonyl (C=O) groups excluding carboxylic acids is 1. The minimum atomic E-state index is -1.02. The second-order valence-corrected chi connectivity index (χ2v) is 3.40. The average molecular weight is 230 g/mol. The summed E-state index contributed by atoms with van der Waals surface area (Å²) in [5.41, 5.74) is 0. The molecule has 0 atom stereocenters. The molecule has 0 spiro atoms. The highest BCUT2D eigenvalue weighted by Crippen LogP contribution is 2.15. The Morgan fingerprint density at radius 2 is 2.00 bits per heavy atom. The smallest absolute Gasteiger partial charge is 0.344 e. The summed E-state index contributed by atoms with van der Waals surface area (Å²) in [4.78, 5) is 11.1. The third kappa shape index (κ3) is 3.84. The van der Waals surface area contributed by atoms with E-state index in [4.69, 9.17) is 9.47 Å². The van der Waals surface area contributed by atoms with Crippen molar-refractivity contribution < 1.29 is 23.0 Å². The summed E-state index contributed by atoms with van der Waals surface area (Å²) < 4.78 is 35.0. The second-order valence-electron chi connectivity index (χ2n) is 3.40. The van der Waals surface area contributed by atoms with Crippen molar-refractivity contribution in [3.63, 3.8) is 0 Å². The van der Waals surface area contributed by atoms with E-state index in [2.05, 4.69) is 0 Å². The summed E-state index contributed by atoms with van der Waals surface area (Å²) >= 11 is 0. The monoisotopic (exact) mass is 230 g/mol. The highest BCUT2D eigenvalue weighted by Gasteiger charge is 2.08. The van der Waals surface area contributed by atoms with E-state index in [-0.39, 0.29) is 18.5 Å². The van der Waals surface area contributed by atoms with Crippen molar-refractivity contribution in [3.05, 3.63) is 29.8 Å². The van der Waals surface area contributed by atoms with E-state index < -0.39 is 17.6 Å². The predicted molar refractivity (Wildman–Crippen MR) is 53.1 cm³/mol. The maximum absolute atomic E-state index is 12.7. The number of halogens is 2. The third-order valence-corrected chi connectivity index (χ3v) is 1.61. The van der Waals surface area contributed by atoms with Crippen LogP contribution in [0.4, 0.5) is 8.78 Å². The summed E-state index contributed by atoms with van der Waals surface area (Å²) in [6.07, 6.45) is -0.235. The molecule has 0 amide bonds. The zero-order chi connectivity index (χ0) is 12.1. The number of rotatable bonds is 4. The normalized spacial score (nSPS) is 10.3. The van der Waals surface area contributed by atoms with Crippen LogP contribution >= 0.6 is 0 Å². The average Bonchev–Trinajstić information content (AvgIpc) is 2.19. The van der Waals surface area contributed by atoms with Crippen molar-refractivity contribution in [2.75, 3.05) is 6.61 Å². The number of benzene rings is 1. The van der Waals surface area contributed by atoms with E-state index in [0.29, 0.717) is 0 Å². The van der Waals surface area contributed by atoms with Crippen LogP contribution in [0.15, 0.2) is 18.2 Å². The molecule has 1 rings (SSSR count). The molecule has 0 unspecified atom stereocenters. The van der Waals surface area contributed by atoms with Crippen molar-refractivity contribution in [2.45, 2.75) is 20.0 Å². The molecule has 0 fully saturated rings. The molecule has 0 bridgehead atoms. The Labute approximate surface area is 92.0 Å². The van der Waals surface area contributed by atoms with Crippen LogP contribution in [0.25, 0.3) is 0 Å². The standard InChI is InChI=1S/C11H12F2O3/c1-7(2)16-11(14)6-15-8-3-4-9(12)10(13)5-8/h3-5,7H,6H2,1-2H3. The first-order valence-corrected chi connectivity index (χ1v) is 4.76. The van der Waals surface area contributed by atoms with Gasteiger partial charge < -0.3 is 9.47 Å². The fraction of sp³-hybridized carbons (Fsp3) is 0.364. The Morgan fingerprint density at radius 1 is 1.31 bits per heavy atom. The van der Waals surface area contributed by atoms with Crippen LogP contribution in [0.2, 0.25) is 0 Å². The molecule has 0 saturated carbocycles. The molecule has 0 aromatic heterocycles. The number of carbonyl (C=O) groups is 1. The molecule has 0 radical (unpaired) electrons. The summed E-state index contributed by atoms with van der Waals surface area (Å²) in [6.45, 7) is 3.08. The molecular weight excluding hydrogens is 218 g/mol. The van der Waals surface area contributed by atoms with Gasteiger partial charge in [0.05, 0.1) is 6.10 Å². The highest BCUT2D eigenvalue weighted by molar-refractivity contribution is 5.71. The molecule has 5 heteroatoms. The van der Waals surface area contributed by atoms with Gasteiger partial charge in [0.1, 0.15) is 5.75 Å². The molecule has 1 aromatic carbocycles.